The highest BCUT2D eigenvalue weighted by molar-refractivity contribution is 7.85. The second-order valence-electron chi connectivity index (χ2n) is 12.5. The number of benzene rings is 2. The molecule has 6 nitrogen and oxygen atoms in total. The van der Waals surface area contributed by atoms with Crippen molar-refractivity contribution in [2.75, 3.05) is 11.5 Å². The zero-order valence-corrected chi connectivity index (χ0v) is 25.9. The van der Waals surface area contributed by atoms with Crippen LogP contribution in [0.1, 0.15) is 81.9 Å². The number of rotatable bonds is 7. The van der Waals surface area contributed by atoms with Crippen molar-refractivity contribution in [3.8, 4) is 11.1 Å². The molecule has 1 aliphatic heterocycles. The number of amides is 1. The van der Waals surface area contributed by atoms with E-state index in [0.717, 1.165) is 46.1 Å². The topological polar surface area (TPSA) is 80.2 Å². The lowest BCUT2D eigenvalue weighted by atomic mass is 9.84. The van der Waals surface area contributed by atoms with Crippen LogP contribution in [0.25, 0.3) is 21.9 Å². The molecular formula is C32H43N3O3S2. The highest BCUT2D eigenvalue weighted by Gasteiger charge is 2.27. The standard InChI is InChI=1S/C32H43N3O3S2/c1-32(2,3)34-40(38)30-15-14-25(24-12-8-9-13-26(24)30)27-21-29(31(36)33-23-16-18-39(37)19-17-23)35(4)28(27)20-22-10-6-5-7-11-22/h8-9,12-15,21-23,34H,5-7,10-11,16-20H2,1-4H3,(H,33,36). The molecule has 3 aromatic rings. The monoisotopic (exact) mass is 581 g/mol. The van der Waals surface area contributed by atoms with Gasteiger partial charge >= 0.3 is 0 Å². The third kappa shape index (κ3) is 6.60. The van der Waals surface area contributed by atoms with Crippen molar-refractivity contribution in [2.24, 2.45) is 13.0 Å². The fourth-order valence-electron chi connectivity index (χ4n) is 6.20. The van der Waals surface area contributed by atoms with E-state index in [-0.39, 0.29) is 17.5 Å². The molecule has 1 saturated heterocycles. The van der Waals surface area contributed by atoms with Crippen LogP contribution in [0.15, 0.2) is 47.4 Å². The summed E-state index contributed by atoms with van der Waals surface area (Å²) in [5, 5.41) is 5.24. The molecule has 0 bridgehead atoms. The first-order chi connectivity index (χ1) is 19.1. The van der Waals surface area contributed by atoms with Crippen molar-refractivity contribution in [2.45, 2.75) is 88.6 Å². The molecule has 1 aromatic heterocycles. The van der Waals surface area contributed by atoms with Crippen molar-refractivity contribution in [1.82, 2.24) is 14.6 Å². The summed E-state index contributed by atoms with van der Waals surface area (Å²) in [6.07, 6.45) is 8.76. The van der Waals surface area contributed by atoms with Crippen molar-refractivity contribution in [3.63, 3.8) is 0 Å². The fraction of sp³-hybridized carbons (Fsp3) is 0.531. The van der Waals surface area contributed by atoms with Gasteiger partial charge in [0.15, 0.2) is 0 Å². The van der Waals surface area contributed by atoms with Gasteiger partial charge in [-0.25, -0.2) is 8.93 Å². The molecule has 1 amide bonds. The van der Waals surface area contributed by atoms with Gasteiger partial charge in [0.05, 0.1) is 4.90 Å². The van der Waals surface area contributed by atoms with E-state index in [1.54, 1.807) is 0 Å². The lowest BCUT2D eigenvalue weighted by molar-refractivity contribution is 0.0926. The number of hydrogen-bond acceptors (Lipinski definition) is 3. The molecule has 1 atom stereocenters. The summed E-state index contributed by atoms with van der Waals surface area (Å²) in [6, 6.07) is 14.3. The number of nitrogens with zero attached hydrogens (tertiary/aromatic N) is 1. The number of carbonyl (C=O) groups is 1. The number of nitrogens with one attached hydrogen (secondary N) is 2. The summed E-state index contributed by atoms with van der Waals surface area (Å²) in [4.78, 5) is 14.4. The van der Waals surface area contributed by atoms with E-state index >= 15 is 0 Å². The first kappa shape index (κ1) is 29.2. The van der Waals surface area contributed by atoms with Crippen LogP contribution >= 0.6 is 0 Å². The Hall–Kier alpha value is -2.29. The Morgan fingerprint density at radius 1 is 0.975 bits per heavy atom. The molecular weight excluding hydrogens is 539 g/mol. The summed E-state index contributed by atoms with van der Waals surface area (Å²) in [7, 11) is -0.0996. The van der Waals surface area contributed by atoms with Crippen LogP contribution in [0, 0.1) is 5.92 Å². The summed E-state index contributed by atoms with van der Waals surface area (Å²) >= 11 is 0. The molecule has 2 N–H and O–H groups in total. The Bertz CT molecular complexity index is 1420. The summed E-state index contributed by atoms with van der Waals surface area (Å²) in [5.41, 5.74) is 3.72. The molecule has 5 rings (SSSR count). The van der Waals surface area contributed by atoms with Crippen LogP contribution in [0.3, 0.4) is 0 Å². The van der Waals surface area contributed by atoms with Gasteiger partial charge in [0.25, 0.3) is 5.91 Å². The summed E-state index contributed by atoms with van der Waals surface area (Å²) < 4.78 is 30.5. The van der Waals surface area contributed by atoms with Gasteiger partial charge in [-0.2, -0.15) is 0 Å². The van der Waals surface area contributed by atoms with Crippen LogP contribution in [0.5, 0.6) is 0 Å². The molecule has 1 aliphatic carbocycles. The number of hydrogen-bond donors (Lipinski definition) is 2. The van der Waals surface area contributed by atoms with Crippen molar-refractivity contribution < 1.29 is 13.2 Å². The largest absolute Gasteiger partial charge is 0.348 e. The van der Waals surface area contributed by atoms with Crippen LogP contribution < -0.4 is 10.0 Å². The van der Waals surface area contributed by atoms with Crippen LogP contribution in [0.2, 0.25) is 0 Å². The van der Waals surface area contributed by atoms with E-state index < -0.39 is 21.8 Å². The van der Waals surface area contributed by atoms with Gasteiger partial charge in [-0.1, -0.05) is 62.4 Å². The average molecular weight is 582 g/mol. The first-order valence-electron chi connectivity index (χ1n) is 14.7. The Morgan fingerprint density at radius 2 is 1.65 bits per heavy atom. The molecule has 2 aliphatic rings. The second-order valence-corrected chi connectivity index (χ2v) is 15.4. The Kier molecular flexibility index (Phi) is 8.98. The van der Waals surface area contributed by atoms with E-state index in [1.165, 1.54) is 37.8 Å². The molecule has 2 fully saturated rings. The maximum Gasteiger partial charge on any atom is 0.268 e. The van der Waals surface area contributed by atoms with Crippen molar-refractivity contribution in [1.29, 1.82) is 0 Å². The van der Waals surface area contributed by atoms with Gasteiger partial charge in [0.1, 0.15) is 16.7 Å². The molecule has 0 spiro atoms. The lowest BCUT2D eigenvalue weighted by Gasteiger charge is -2.24. The third-order valence-electron chi connectivity index (χ3n) is 8.29. The molecule has 2 heterocycles. The minimum atomic E-state index is -1.36. The third-order valence-corrected chi connectivity index (χ3v) is 11.2. The lowest BCUT2D eigenvalue weighted by Crippen LogP contribution is -2.40. The highest BCUT2D eigenvalue weighted by atomic mass is 32.2. The van der Waals surface area contributed by atoms with Crippen molar-refractivity contribution >= 4 is 38.5 Å². The Labute approximate surface area is 243 Å². The summed E-state index contributed by atoms with van der Waals surface area (Å²) in [5.74, 6) is 1.85. The Morgan fingerprint density at radius 3 is 2.33 bits per heavy atom. The van der Waals surface area contributed by atoms with E-state index in [2.05, 4.69) is 32.8 Å². The van der Waals surface area contributed by atoms with Crippen LogP contribution in [-0.4, -0.2) is 42.0 Å². The van der Waals surface area contributed by atoms with Gasteiger partial charge in [-0.05, 0) is 74.4 Å². The SMILES string of the molecule is Cn1c(C(=O)NC2CCS(=O)CC2)cc(-c2ccc(S(=O)NC(C)(C)C)c3ccccc23)c1CC1CCCCC1. The normalized spacial score (nSPS) is 21.4. The molecule has 40 heavy (non-hydrogen) atoms. The minimum absolute atomic E-state index is 0.0623. The predicted molar refractivity (Wildman–Crippen MR) is 166 cm³/mol. The Balaban J connectivity index is 1.56. The molecule has 8 heteroatoms. The van der Waals surface area contributed by atoms with Gasteiger partial charge in [0.2, 0.25) is 0 Å². The van der Waals surface area contributed by atoms with E-state index in [9.17, 15) is 13.2 Å². The maximum absolute atomic E-state index is 13.6. The summed E-state index contributed by atoms with van der Waals surface area (Å²) in [6.45, 7) is 6.05. The van der Waals surface area contributed by atoms with E-state index in [4.69, 9.17) is 0 Å². The zero-order chi connectivity index (χ0) is 28.4. The van der Waals surface area contributed by atoms with Gasteiger partial charge < -0.3 is 9.88 Å². The number of fused-ring (bicyclic) bond motifs is 1. The molecule has 216 valence electrons. The predicted octanol–water partition coefficient (Wildman–Crippen LogP) is 6.02. The van der Waals surface area contributed by atoms with Gasteiger partial charge in [-0.3, -0.25) is 9.00 Å². The number of aromatic nitrogens is 1. The van der Waals surface area contributed by atoms with Crippen LogP contribution in [0.4, 0.5) is 0 Å². The quantitative estimate of drug-likeness (QED) is 0.358. The second kappa shape index (κ2) is 12.3. The number of carbonyl (C=O) groups excluding carboxylic acids is 1. The van der Waals surface area contributed by atoms with E-state index in [1.807, 2.05) is 52.1 Å². The first-order valence-corrected chi connectivity index (χ1v) is 17.3. The van der Waals surface area contributed by atoms with E-state index in [0.29, 0.717) is 23.1 Å². The van der Waals surface area contributed by atoms with Gasteiger partial charge in [0, 0.05) is 52.2 Å². The average Bonchev–Trinajstić information content (AvgIpc) is 3.24. The molecule has 1 saturated carbocycles. The maximum atomic E-state index is 13.6. The smallest absolute Gasteiger partial charge is 0.268 e. The fourth-order valence-corrected chi connectivity index (χ4v) is 8.74. The van der Waals surface area contributed by atoms with Crippen molar-refractivity contribution in [3.05, 3.63) is 53.9 Å². The van der Waals surface area contributed by atoms with Gasteiger partial charge in [-0.15, -0.1) is 0 Å². The molecule has 2 aromatic carbocycles. The molecule has 0 radical (unpaired) electrons. The minimum Gasteiger partial charge on any atom is -0.348 e. The van der Waals surface area contributed by atoms with Crippen LogP contribution in [-0.2, 0) is 35.3 Å². The molecule has 1 unspecified atom stereocenters. The highest BCUT2D eigenvalue weighted by Crippen LogP contribution is 2.38. The zero-order valence-electron chi connectivity index (χ0n) is 24.3.